The molecule has 72 valence electrons. The van der Waals surface area contributed by atoms with Crippen LogP contribution in [-0.2, 0) is 11.3 Å². The molecular formula is C10H15NOS. The predicted octanol–water partition coefficient (Wildman–Crippen LogP) is 2.16. The van der Waals surface area contributed by atoms with Gasteiger partial charge in [0, 0.05) is 24.4 Å². The highest BCUT2D eigenvalue weighted by molar-refractivity contribution is 7.09. The lowest BCUT2D eigenvalue weighted by atomic mass is 10.3. The first-order valence-corrected chi connectivity index (χ1v) is 5.43. The van der Waals surface area contributed by atoms with Crippen LogP contribution in [0.15, 0.2) is 17.5 Å². The first-order chi connectivity index (χ1) is 6.36. The highest BCUT2D eigenvalue weighted by Gasteiger charge is 2.02. The number of hydrogen-bond donors (Lipinski definition) is 0. The first-order valence-electron chi connectivity index (χ1n) is 4.55. The number of carbonyl (C=O) groups is 1. The summed E-state index contributed by atoms with van der Waals surface area (Å²) in [4.78, 5) is 13.8. The van der Waals surface area contributed by atoms with Crippen molar-refractivity contribution in [3.63, 3.8) is 0 Å². The number of thiophene rings is 1. The van der Waals surface area contributed by atoms with Crippen LogP contribution in [0.2, 0.25) is 0 Å². The third-order valence-electron chi connectivity index (χ3n) is 1.97. The van der Waals surface area contributed by atoms with Crippen molar-refractivity contribution in [2.24, 2.45) is 0 Å². The molecule has 0 aromatic carbocycles. The second-order valence-electron chi connectivity index (χ2n) is 2.90. The topological polar surface area (TPSA) is 20.3 Å². The normalized spacial score (nSPS) is 10.6. The van der Waals surface area contributed by atoms with Crippen LogP contribution in [0.4, 0.5) is 0 Å². The molecule has 0 spiro atoms. The van der Waals surface area contributed by atoms with Gasteiger partial charge in [-0.05, 0) is 18.0 Å². The fourth-order valence-corrected chi connectivity index (χ4v) is 1.95. The lowest BCUT2D eigenvalue weighted by Crippen LogP contribution is -2.23. The van der Waals surface area contributed by atoms with Crippen molar-refractivity contribution < 1.29 is 4.79 Å². The average Bonchev–Trinajstić information content (AvgIpc) is 2.64. The van der Waals surface area contributed by atoms with Crippen molar-refractivity contribution in [3.05, 3.63) is 22.4 Å². The summed E-state index contributed by atoms with van der Waals surface area (Å²) < 4.78 is 0. The molecule has 0 saturated carbocycles. The molecule has 0 atom stereocenters. The molecule has 1 aromatic rings. The maximum Gasteiger partial charge on any atom is 0.121 e. The summed E-state index contributed by atoms with van der Waals surface area (Å²) in [6.45, 7) is 4.98. The van der Waals surface area contributed by atoms with Gasteiger partial charge in [-0.1, -0.05) is 13.0 Å². The predicted molar refractivity (Wildman–Crippen MR) is 56.0 cm³/mol. The van der Waals surface area contributed by atoms with Gasteiger partial charge < -0.3 is 4.79 Å². The smallest absolute Gasteiger partial charge is 0.121 e. The van der Waals surface area contributed by atoms with Crippen LogP contribution in [0, 0.1) is 0 Å². The lowest BCUT2D eigenvalue weighted by molar-refractivity contribution is -0.108. The largest absolute Gasteiger partial charge is 0.303 e. The summed E-state index contributed by atoms with van der Waals surface area (Å²) >= 11 is 1.77. The Morgan fingerprint density at radius 2 is 2.46 bits per heavy atom. The molecular weight excluding hydrogens is 182 g/mol. The third kappa shape index (κ3) is 3.70. The highest BCUT2D eigenvalue weighted by atomic mass is 32.1. The lowest BCUT2D eigenvalue weighted by Gasteiger charge is -2.17. The number of carbonyl (C=O) groups excluding carboxylic acids is 1. The van der Waals surface area contributed by atoms with Gasteiger partial charge in [0.1, 0.15) is 6.29 Å². The van der Waals surface area contributed by atoms with Gasteiger partial charge in [-0.3, -0.25) is 4.90 Å². The molecule has 0 aliphatic carbocycles. The summed E-state index contributed by atoms with van der Waals surface area (Å²) in [6.07, 6.45) is 1.62. The summed E-state index contributed by atoms with van der Waals surface area (Å²) in [5, 5.41) is 2.09. The van der Waals surface area contributed by atoms with Crippen LogP contribution in [-0.4, -0.2) is 24.3 Å². The van der Waals surface area contributed by atoms with Crippen molar-refractivity contribution >= 4 is 17.6 Å². The molecule has 1 rings (SSSR count). The number of nitrogens with zero attached hydrogens (tertiary/aromatic N) is 1. The molecule has 0 amide bonds. The average molecular weight is 197 g/mol. The van der Waals surface area contributed by atoms with Crippen LogP contribution < -0.4 is 0 Å². The van der Waals surface area contributed by atoms with Crippen molar-refractivity contribution in [2.45, 2.75) is 19.9 Å². The Balaban J connectivity index is 2.35. The fraction of sp³-hybridized carbons (Fsp3) is 0.500. The number of aldehydes is 1. The van der Waals surface area contributed by atoms with Crippen LogP contribution in [0.25, 0.3) is 0 Å². The van der Waals surface area contributed by atoms with Gasteiger partial charge in [0.25, 0.3) is 0 Å². The minimum atomic E-state index is 0.638. The Kier molecular flexibility index (Phi) is 4.72. The third-order valence-corrected chi connectivity index (χ3v) is 2.83. The van der Waals surface area contributed by atoms with E-state index in [1.54, 1.807) is 11.3 Å². The van der Waals surface area contributed by atoms with Crippen molar-refractivity contribution in [1.82, 2.24) is 4.90 Å². The summed E-state index contributed by atoms with van der Waals surface area (Å²) in [7, 11) is 0. The Hall–Kier alpha value is -0.670. The van der Waals surface area contributed by atoms with E-state index >= 15 is 0 Å². The van der Waals surface area contributed by atoms with E-state index in [9.17, 15) is 4.79 Å². The Bertz CT molecular complexity index is 233. The van der Waals surface area contributed by atoms with Crippen LogP contribution in [0.1, 0.15) is 18.2 Å². The van der Waals surface area contributed by atoms with Crippen LogP contribution in [0.5, 0.6) is 0 Å². The van der Waals surface area contributed by atoms with E-state index in [4.69, 9.17) is 0 Å². The molecule has 1 heterocycles. The maximum absolute atomic E-state index is 10.2. The van der Waals surface area contributed by atoms with Crippen molar-refractivity contribution in [3.8, 4) is 0 Å². The standard InChI is InChI=1S/C10H15NOS/c1-2-11(6-4-7-12)9-10-5-3-8-13-10/h3,5,7-8H,2,4,6,9H2,1H3. The quantitative estimate of drug-likeness (QED) is 0.651. The molecule has 2 nitrogen and oxygen atoms in total. The zero-order valence-corrected chi connectivity index (χ0v) is 8.72. The molecule has 0 bridgehead atoms. The Morgan fingerprint density at radius 3 is 3.00 bits per heavy atom. The molecule has 0 aliphatic heterocycles. The zero-order valence-electron chi connectivity index (χ0n) is 7.90. The van der Waals surface area contributed by atoms with E-state index in [1.807, 2.05) is 0 Å². The molecule has 0 unspecified atom stereocenters. The Labute approximate surface area is 83.2 Å². The molecule has 0 fully saturated rings. The first kappa shape index (κ1) is 10.4. The molecule has 0 radical (unpaired) electrons. The number of hydrogen-bond acceptors (Lipinski definition) is 3. The van der Waals surface area contributed by atoms with Crippen molar-refractivity contribution in [1.29, 1.82) is 0 Å². The van der Waals surface area contributed by atoms with Gasteiger partial charge >= 0.3 is 0 Å². The molecule has 0 N–H and O–H groups in total. The van der Waals surface area contributed by atoms with E-state index in [-0.39, 0.29) is 0 Å². The van der Waals surface area contributed by atoms with Crippen LogP contribution >= 0.6 is 11.3 Å². The zero-order chi connectivity index (χ0) is 9.52. The summed E-state index contributed by atoms with van der Waals surface area (Å²) in [5.74, 6) is 0. The van der Waals surface area contributed by atoms with Gasteiger partial charge in [0.15, 0.2) is 0 Å². The van der Waals surface area contributed by atoms with Crippen molar-refractivity contribution in [2.75, 3.05) is 13.1 Å². The minimum absolute atomic E-state index is 0.638. The fourth-order valence-electron chi connectivity index (χ4n) is 1.21. The second kappa shape index (κ2) is 5.89. The van der Waals surface area contributed by atoms with Gasteiger partial charge in [-0.15, -0.1) is 11.3 Å². The molecule has 13 heavy (non-hydrogen) atoms. The van der Waals surface area contributed by atoms with E-state index in [0.717, 1.165) is 25.9 Å². The van der Waals surface area contributed by atoms with Gasteiger partial charge in [-0.2, -0.15) is 0 Å². The number of rotatable bonds is 6. The van der Waals surface area contributed by atoms with E-state index in [2.05, 4.69) is 29.3 Å². The molecule has 1 aromatic heterocycles. The van der Waals surface area contributed by atoms with Gasteiger partial charge in [-0.25, -0.2) is 0 Å². The van der Waals surface area contributed by atoms with Crippen LogP contribution in [0.3, 0.4) is 0 Å². The van der Waals surface area contributed by atoms with E-state index in [0.29, 0.717) is 6.42 Å². The maximum atomic E-state index is 10.2. The summed E-state index contributed by atoms with van der Waals surface area (Å²) in [5.41, 5.74) is 0. The molecule has 0 saturated heterocycles. The summed E-state index contributed by atoms with van der Waals surface area (Å²) in [6, 6.07) is 4.20. The van der Waals surface area contributed by atoms with E-state index < -0.39 is 0 Å². The Morgan fingerprint density at radius 1 is 1.62 bits per heavy atom. The molecule has 3 heteroatoms. The van der Waals surface area contributed by atoms with Gasteiger partial charge in [0.05, 0.1) is 0 Å². The molecule has 0 aliphatic rings. The monoisotopic (exact) mass is 197 g/mol. The van der Waals surface area contributed by atoms with E-state index in [1.165, 1.54) is 4.88 Å². The minimum Gasteiger partial charge on any atom is -0.303 e. The highest BCUT2D eigenvalue weighted by Crippen LogP contribution is 2.11. The SMILES string of the molecule is CCN(CCC=O)Cc1cccs1. The second-order valence-corrected chi connectivity index (χ2v) is 3.94. The van der Waals surface area contributed by atoms with Gasteiger partial charge in [0.2, 0.25) is 0 Å².